The molecule has 2 aromatic heterocycles. The molecule has 1 atom stereocenters. The summed E-state index contributed by atoms with van der Waals surface area (Å²) < 4.78 is 2.75. The fourth-order valence-electron chi connectivity index (χ4n) is 2.37. The second-order valence-corrected chi connectivity index (χ2v) is 6.01. The highest BCUT2D eigenvalue weighted by Crippen LogP contribution is 2.17. The maximum atomic E-state index is 12.3. The van der Waals surface area contributed by atoms with Crippen molar-refractivity contribution in [3.8, 4) is 0 Å². The lowest BCUT2D eigenvalue weighted by Gasteiger charge is -2.12. The van der Waals surface area contributed by atoms with Crippen LogP contribution < -0.4 is 10.6 Å². The Bertz CT molecular complexity index is 1020. The fraction of sp³-hybridized carbons (Fsp3) is 0.176. The van der Waals surface area contributed by atoms with Crippen molar-refractivity contribution >= 4 is 28.9 Å². The van der Waals surface area contributed by atoms with Crippen LogP contribution in [0.1, 0.15) is 23.5 Å². The van der Waals surface area contributed by atoms with E-state index in [1.54, 1.807) is 50.5 Å². The first-order chi connectivity index (χ1) is 13.3. The van der Waals surface area contributed by atoms with E-state index in [4.69, 9.17) is 0 Å². The topological polar surface area (TPSA) is 137 Å². The second kappa shape index (κ2) is 7.70. The van der Waals surface area contributed by atoms with Crippen molar-refractivity contribution in [1.82, 2.24) is 19.6 Å². The third-order valence-corrected chi connectivity index (χ3v) is 3.93. The van der Waals surface area contributed by atoms with Crippen molar-refractivity contribution in [3.05, 3.63) is 64.7 Å². The highest BCUT2D eigenvalue weighted by atomic mass is 16.6. The van der Waals surface area contributed by atoms with Crippen molar-refractivity contribution in [3.63, 3.8) is 0 Å². The molecule has 28 heavy (non-hydrogen) atoms. The molecular formula is C17H17N7O4. The van der Waals surface area contributed by atoms with Gasteiger partial charge in [-0.15, -0.1) is 0 Å². The largest absolute Gasteiger partial charge is 0.324 e. The molecule has 0 aliphatic heterocycles. The second-order valence-electron chi connectivity index (χ2n) is 6.01. The van der Waals surface area contributed by atoms with Crippen LogP contribution in [-0.2, 0) is 11.8 Å². The summed E-state index contributed by atoms with van der Waals surface area (Å²) in [5, 5.41) is 24.0. The minimum Gasteiger partial charge on any atom is -0.324 e. The Kier molecular flexibility index (Phi) is 5.16. The number of carbonyl (C=O) groups is 2. The van der Waals surface area contributed by atoms with Gasteiger partial charge in [0.15, 0.2) is 5.69 Å². The predicted molar refractivity (Wildman–Crippen MR) is 99.8 cm³/mol. The van der Waals surface area contributed by atoms with Crippen molar-refractivity contribution in [2.45, 2.75) is 13.0 Å². The quantitative estimate of drug-likeness (QED) is 0.493. The van der Waals surface area contributed by atoms with Crippen LogP contribution in [0.15, 0.2) is 48.9 Å². The molecule has 0 bridgehead atoms. The van der Waals surface area contributed by atoms with Crippen molar-refractivity contribution < 1.29 is 14.5 Å². The zero-order chi connectivity index (χ0) is 20.3. The molecule has 0 fully saturated rings. The Morgan fingerprint density at radius 3 is 2.32 bits per heavy atom. The zero-order valence-electron chi connectivity index (χ0n) is 15.1. The average molecular weight is 383 g/mol. The molecule has 0 spiro atoms. The summed E-state index contributed by atoms with van der Waals surface area (Å²) in [6.45, 7) is 1.58. The monoisotopic (exact) mass is 383 g/mol. The van der Waals surface area contributed by atoms with Gasteiger partial charge in [-0.3, -0.25) is 29.1 Å². The summed E-state index contributed by atoms with van der Waals surface area (Å²) in [5.74, 6) is -0.727. The van der Waals surface area contributed by atoms with Gasteiger partial charge in [-0.05, 0) is 37.3 Å². The SMILES string of the molecule is CC(C(=O)Nc1ccc(NC(=O)c2ccn(C)n2)cc1)n1cc([N+](=O)[O-])cn1. The Morgan fingerprint density at radius 2 is 1.79 bits per heavy atom. The molecule has 3 aromatic rings. The lowest BCUT2D eigenvalue weighted by molar-refractivity contribution is -0.385. The van der Waals surface area contributed by atoms with Crippen molar-refractivity contribution in [2.75, 3.05) is 10.6 Å². The van der Waals surface area contributed by atoms with Crippen molar-refractivity contribution in [1.29, 1.82) is 0 Å². The fourth-order valence-corrected chi connectivity index (χ4v) is 2.37. The number of hydrogen-bond acceptors (Lipinski definition) is 6. The maximum Gasteiger partial charge on any atom is 0.307 e. The number of amides is 2. The molecule has 0 aliphatic rings. The van der Waals surface area contributed by atoms with E-state index in [1.165, 1.54) is 15.6 Å². The molecule has 11 nitrogen and oxygen atoms in total. The molecule has 0 aliphatic carbocycles. The van der Waals surface area contributed by atoms with Gasteiger partial charge < -0.3 is 10.6 Å². The van der Waals surface area contributed by atoms with Crippen LogP contribution >= 0.6 is 0 Å². The van der Waals surface area contributed by atoms with E-state index in [0.29, 0.717) is 17.1 Å². The Labute approximate surface area is 159 Å². The molecule has 11 heteroatoms. The molecule has 1 unspecified atom stereocenters. The van der Waals surface area contributed by atoms with Gasteiger partial charge in [0, 0.05) is 24.6 Å². The first-order valence-corrected chi connectivity index (χ1v) is 8.24. The molecule has 1 aromatic carbocycles. The Balaban J connectivity index is 1.60. The number of anilines is 2. The first kappa shape index (κ1) is 18.8. The van der Waals surface area contributed by atoms with E-state index in [-0.39, 0.29) is 17.5 Å². The highest BCUT2D eigenvalue weighted by molar-refractivity contribution is 6.03. The van der Waals surface area contributed by atoms with Crippen LogP contribution in [0.5, 0.6) is 0 Å². The van der Waals surface area contributed by atoms with Crippen LogP contribution in [0, 0.1) is 10.1 Å². The van der Waals surface area contributed by atoms with E-state index in [9.17, 15) is 19.7 Å². The summed E-state index contributed by atoms with van der Waals surface area (Å²) in [5.41, 5.74) is 1.16. The van der Waals surface area contributed by atoms with Gasteiger partial charge in [-0.1, -0.05) is 0 Å². The molecule has 3 rings (SSSR count). The maximum absolute atomic E-state index is 12.3. The summed E-state index contributed by atoms with van der Waals surface area (Å²) in [7, 11) is 1.72. The molecule has 0 radical (unpaired) electrons. The number of rotatable bonds is 6. The lowest BCUT2D eigenvalue weighted by atomic mass is 10.2. The number of nitrogens with zero attached hydrogens (tertiary/aromatic N) is 5. The molecule has 2 N–H and O–H groups in total. The number of aromatic nitrogens is 4. The molecule has 144 valence electrons. The minimum absolute atomic E-state index is 0.187. The van der Waals surface area contributed by atoms with Crippen LogP contribution in [0.25, 0.3) is 0 Å². The van der Waals surface area contributed by atoms with Gasteiger partial charge >= 0.3 is 5.69 Å². The number of nitrogens with one attached hydrogen (secondary N) is 2. The Morgan fingerprint density at radius 1 is 1.14 bits per heavy atom. The number of aryl methyl sites for hydroxylation is 1. The normalized spacial score (nSPS) is 11.6. The Hall–Kier alpha value is -4.02. The van der Waals surface area contributed by atoms with E-state index in [2.05, 4.69) is 20.8 Å². The molecule has 2 amide bonds. The van der Waals surface area contributed by atoms with Gasteiger partial charge in [-0.25, -0.2) is 0 Å². The average Bonchev–Trinajstić information content (AvgIpc) is 3.32. The van der Waals surface area contributed by atoms with Crippen LogP contribution in [0.2, 0.25) is 0 Å². The number of hydrogen-bond donors (Lipinski definition) is 2. The van der Waals surface area contributed by atoms with E-state index >= 15 is 0 Å². The standard InChI is InChI=1S/C17H17N7O4/c1-11(23-10-14(9-18-23)24(27)28)16(25)19-12-3-5-13(6-4-12)20-17(26)15-7-8-22(2)21-15/h3-11H,1-2H3,(H,19,25)(H,20,26). The third-order valence-electron chi connectivity index (χ3n) is 3.93. The number of carbonyl (C=O) groups excluding carboxylic acids is 2. The highest BCUT2D eigenvalue weighted by Gasteiger charge is 2.19. The van der Waals surface area contributed by atoms with Crippen LogP contribution in [0.4, 0.5) is 17.1 Å². The minimum atomic E-state index is -0.739. The molecule has 2 heterocycles. The van der Waals surface area contributed by atoms with Gasteiger partial charge in [0.25, 0.3) is 5.91 Å². The first-order valence-electron chi connectivity index (χ1n) is 8.24. The van der Waals surface area contributed by atoms with Crippen LogP contribution in [0.3, 0.4) is 0 Å². The molecular weight excluding hydrogens is 366 g/mol. The van der Waals surface area contributed by atoms with Gasteiger partial charge in [-0.2, -0.15) is 10.2 Å². The summed E-state index contributed by atoms with van der Waals surface area (Å²) in [6.07, 6.45) is 3.95. The van der Waals surface area contributed by atoms with E-state index in [0.717, 1.165) is 6.20 Å². The molecule has 0 saturated carbocycles. The van der Waals surface area contributed by atoms with Gasteiger partial charge in [0.2, 0.25) is 5.91 Å². The predicted octanol–water partition coefficient (Wildman–Crippen LogP) is 1.98. The molecule has 0 saturated heterocycles. The summed E-state index contributed by atoms with van der Waals surface area (Å²) >= 11 is 0. The number of nitro groups is 1. The van der Waals surface area contributed by atoms with E-state index < -0.39 is 11.0 Å². The summed E-state index contributed by atoms with van der Waals surface area (Å²) in [4.78, 5) is 34.5. The van der Waals surface area contributed by atoms with Crippen molar-refractivity contribution in [2.24, 2.45) is 7.05 Å². The van der Waals surface area contributed by atoms with Gasteiger partial charge in [0.05, 0.1) is 4.92 Å². The van der Waals surface area contributed by atoms with Gasteiger partial charge in [0.1, 0.15) is 18.4 Å². The smallest absolute Gasteiger partial charge is 0.307 e. The summed E-state index contributed by atoms with van der Waals surface area (Å²) in [6, 6.07) is 7.40. The number of benzene rings is 1. The lowest BCUT2D eigenvalue weighted by Crippen LogP contribution is -2.24. The van der Waals surface area contributed by atoms with Crippen LogP contribution in [-0.4, -0.2) is 36.3 Å². The zero-order valence-corrected chi connectivity index (χ0v) is 15.1. The third kappa shape index (κ3) is 4.20. The van der Waals surface area contributed by atoms with E-state index in [1.807, 2.05) is 0 Å².